The van der Waals surface area contributed by atoms with E-state index in [1.54, 1.807) is 12.4 Å². The zero-order chi connectivity index (χ0) is 13.7. The molecule has 2 aromatic rings. The summed E-state index contributed by atoms with van der Waals surface area (Å²) in [6, 6.07) is 3.86. The van der Waals surface area contributed by atoms with Crippen LogP contribution in [-0.2, 0) is 6.42 Å². The van der Waals surface area contributed by atoms with Gasteiger partial charge in [0.1, 0.15) is 0 Å². The van der Waals surface area contributed by atoms with Crippen molar-refractivity contribution in [3.8, 4) is 11.3 Å². The van der Waals surface area contributed by atoms with Gasteiger partial charge in [0.25, 0.3) is 0 Å². The molecule has 0 aliphatic rings. The fourth-order valence-corrected chi connectivity index (χ4v) is 2.07. The Morgan fingerprint density at radius 1 is 1.37 bits per heavy atom. The number of unbranched alkanes of at least 4 members (excludes halogenated alkanes) is 2. The molecule has 0 saturated heterocycles. The van der Waals surface area contributed by atoms with Crippen molar-refractivity contribution in [2.45, 2.75) is 39.5 Å². The minimum absolute atomic E-state index is 0.0631. The lowest BCUT2D eigenvalue weighted by Gasteiger charge is -2.01. The molecule has 2 heterocycles. The van der Waals surface area contributed by atoms with Gasteiger partial charge in [-0.05, 0) is 30.5 Å². The molecule has 0 atom stereocenters. The fourth-order valence-electron chi connectivity index (χ4n) is 2.07. The summed E-state index contributed by atoms with van der Waals surface area (Å²) < 4.78 is 1.42. The van der Waals surface area contributed by atoms with Crippen molar-refractivity contribution < 1.29 is 4.79 Å². The molecule has 100 valence electrons. The number of nitrogens with zero attached hydrogens (tertiary/aromatic N) is 3. The van der Waals surface area contributed by atoms with E-state index in [0.29, 0.717) is 0 Å². The van der Waals surface area contributed by atoms with E-state index in [0.717, 1.165) is 29.7 Å². The Balaban J connectivity index is 2.32. The van der Waals surface area contributed by atoms with Crippen molar-refractivity contribution in [2.24, 2.45) is 0 Å². The third kappa shape index (κ3) is 3.28. The molecule has 0 spiro atoms. The molecule has 2 rings (SSSR count). The predicted octanol–water partition coefficient (Wildman–Crippen LogP) is 3.34. The molecule has 0 bridgehead atoms. The molecule has 0 saturated carbocycles. The van der Waals surface area contributed by atoms with Gasteiger partial charge in [-0.1, -0.05) is 19.8 Å². The van der Waals surface area contributed by atoms with Crippen molar-refractivity contribution in [3.05, 3.63) is 36.3 Å². The number of aryl methyl sites for hydroxylation is 1. The Hall–Kier alpha value is -1.97. The van der Waals surface area contributed by atoms with Crippen LogP contribution in [0, 0.1) is 0 Å². The third-order valence-electron chi connectivity index (χ3n) is 3.10. The number of rotatable bonds is 5. The zero-order valence-corrected chi connectivity index (χ0v) is 11.5. The second-order valence-corrected chi connectivity index (χ2v) is 4.67. The summed E-state index contributed by atoms with van der Waals surface area (Å²) in [6.07, 6.45) is 9.82. The van der Waals surface area contributed by atoms with E-state index >= 15 is 0 Å². The van der Waals surface area contributed by atoms with E-state index < -0.39 is 0 Å². The lowest BCUT2D eigenvalue weighted by molar-refractivity contribution is 0.0921. The first-order valence-corrected chi connectivity index (χ1v) is 6.72. The molecular formula is C15H19N3O. The second kappa shape index (κ2) is 6.27. The highest BCUT2D eigenvalue weighted by Gasteiger charge is 2.12. The first-order chi connectivity index (χ1) is 9.22. The normalized spacial score (nSPS) is 10.6. The summed E-state index contributed by atoms with van der Waals surface area (Å²) in [5.41, 5.74) is 2.96. The molecule has 0 aliphatic carbocycles. The van der Waals surface area contributed by atoms with Gasteiger partial charge in [-0.3, -0.25) is 9.78 Å². The second-order valence-electron chi connectivity index (χ2n) is 4.67. The van der Waals surface area contributed by atoms with E-state index in [-0.39, 0.29) is 5.91 Å². The first kappa shape index (κ1) is 13.5. The van der Waals surface area contributed by atoms with Gasteiger partial charge in [0.15, 0.2) is 0 Å². The molecule has 0 N–H and O–H groups in total. The predicted molar refractivity (Wildman–Crippen MR) is 75.0 cm³/mol. The van der Waals surface area contributed by atoms with Crippen LogP contribution < -0.4 is 0 Å². The molecule has 0 aromatic carbocycles. The highest BCUT2D eigenvalue weighted by atomic mass is 16.2. The molecule has 0 radical (unpaired) electrons. The van der Waals surface area contributed by atoms with Crippen LogP contribution in [0.5, 0.6) is 0 Å². The molecule has 2 aromatic heterocycles. The Morgan fingerprint density at radius 2 is 2.21 bits per heavy atom. The van der Waals surface area contributed by atoms with Gasteiger partial charge >= 0.3 is 0 Å². The SMILES string of the molecule is CCCCCc1cn(C(C)=O)nc1-c1cccnc1. The van der Waals surface area contributed by atoms with E-state index in [2.05, 4.69) is 17.0 Å². The largest absolute Gasteiger partial charge is 0.273 e. The van der Waals surface area contributed by atoms with Crippen LogP contribution in [-0.4, -0.2) is 20.7 Å². The van der Waals surface area contributed by atoms with Crippen LogP contribution in [0.15, 0.2) is 30.7 Å². The van der Waals surface area contributed by atoms with Crippen molar-refractivity contribution in [1.29, 1.82) is 0 Å². The number of hydrogen-bond acceptors (Lipinski definition) is 3. The maximum Gasteiger partial charge on any atom is 0.243 e. The number of carbonyl (C=O) groups excluding carboxylic acids is 1. The van der Waals surface area contributed by atoms with E-state index in [4.69, 9.17) is 0 Å². The van der Waals surface area contributed by atoms with Gasteiger partial charge in [0, 0.05) is 31.1 Å². The summed E-state index contributed by atoms with van der Waals surface area (Å²) >= 11 is 0. The van der Waals surface area contributed by atoms with Gasteiger partial charge in [-0.25, -0.2) is 4.68 Å². The number of carbonyl (C=O) groups is 1. The molecule has 19 heavy (non-hydrogen) atoms. The molecule has 0 amide bonds. The summed E-state index contributed by atoms with van der Waals surface area (Å²) in [6.45, 7) is 3.71. The molecule has 0 unspecified atom stereocenters. The maximum absolute atomic E-state index is 11.5. The molecule has 0 fully saturated rings. The summed E-state index contributed by atoms with van der Waals surface area (Å²) in [4.78, 5) is 15.6. The van der Waals surface area contributed by atoms with E-state index in [1.807, 2.05) is 18.3 Å². The average molecular weight is 257 g/mol. The Kier molecular flexibility index (Phi) is 4.44. The van der Waals surface area contributed by atoms with Gasteiger partial charge in [0.05, 0.1) is 5.69 Å². The smallest absolute Gasteiger partial charge is 0.243 e. The lowest BCUT2D eigenvalue weighted by Crippen LogP contribution is -2.05. The lowest BCUT2D eigenvalue weighted by atomic mass is 10.0. The van der Waals surface area contributed by atoms with Gasteiger partial charge in [-0.2, -0.15) is 5.10 Å². The number of pyridine rings is 1. The number of hydrogen-bond donors (Lipinski definition) is 0. The Morgan fingerprint density at radius 3 is 2.84 bits per heavy atom. The maximum atomic E-state index is 11.5. The van der Waals surface area contributed by atoms with Crippen molar-refractivity contribution >= 4 is 5.91 Å². The third-order valence-corrected chi connectivity index (χ3v) is 3.10. The quantitative estimate of drug-likeness (QED) is 0.772. The van der Waals surface area contributed by atoms with Crippen molar-refractivity contribution in [2.75, 3.05) is 0 Å². The number of aromatic nitrogens is 3. The van der Waals surface area contributed by atoms with Gasteiger partial charge in [0.2, 0.25) is 5.91 Å². The van der Waals surface area contributed by atoms with E-state index in [1.165, 1.54) is 24.4 Å². The summed E-state index contributed by atoms with van der Waals surface area (Å²) in [5.74, 6) is -0.0631. The first-order valence-electron chi connectivity index (χ1n) is 6.72. The topological polar surface area (TPSA) is 47.8 Å². The highest BCUT2D eigenvalue weighted by Crippen LogP contribution is 2.22. The molecule has 4 nitrogen and oxygen atoms in total. The molecule has 4 heteroatoms. The summed E-state index contributed by atoms with van der Waals surface area (Å²) in [7, 11) is 0. The minimum Gasteiger partial charge on any atom is -0.273 e. The van der Waals surface area contributed by atoms with Crippen LogP contribution >= 0.6 is 0 Å². The standard InChI is InChI=1S/C15H19N3O/c1-3-4-5-7-14-11-18(12(2)19)17-15(14)13-8-6-9-16-10-13/h6,8-11H,3-5,7H2,1-2H3. The molecular weight excluding hydrogens is 238 g/mol. The Labute approximate surface area is 113 Å². The fraction of sp³-hybridized carbons (Fsp3) is 0.400. The summed E-state index contributed by atoms with van der Waals surface area (Å²) in [5, 5.41) is 4.39. The van der Waals surface area contributed by atoms with Crippen molar-refractivity contribution in [1.82, 2.24) is 14.8 Å². The van der Waals surface area contributed by atoms with Crippen molar-refractivity contribution in [3.63, 3.8) is 0 Å². The highest BCUT2D eigenvalue weighted by molar-refractivity contribution is 5.76. The van der Waals surface area contributed by atoms with Gasteiger partial charge in [-0.15, -0.1) is 0 Å². The van der Waals surface area contributed by atoms with E-state index in [9.17, 15) is 4.79 Å². The van der Waals surface area contributed by atoms with Crippen LogP contribution in [0.2, 0.25) is 0 Å². The van der Waals surface area contributed by atoms with Crippen LogP contribution in [0.25, 0.3) is 11.3 Å². The average Bonchev–Trinajstić information content (AvgIpc) is 2.84. The van der Waals surface area contributed by atoms with Gasteiger partial charge < -0.3 is 0 Å². The van der Waals surface area contributed by atoms with Crippen LogP contribution in [0.1, 0.15) is 43.5 Å². The zero-order valence-electron chi connectivity index (χ0n) is 11.5. The minimum atomic E-state index is -0.0631. The Bertz CT molecular complexity index is 546. The molecule has 0 aliphatic heterocycles. The monoisotopic (exact) mass is 257 g/mol. The van der Waals surface area contributed by atoms with Crippen LogP contribution in [0.3, 0.4) is 0 Å². The van der Waals surface area contributed by atoms with Crippen LogP contribution in [0.4, 0.5) is 0 Å².